The molecule has 0 amide bonds. The summed E-state index contributed by atoms with van der Waals surface area (Å²) in [6, 6.07) is 1.62. The van der Waals surface area contributed by atoms with E-state index < -0.39 is 5.95 Å². The molecule has 1 aromatic heterocycles. The highest BCUT2D eigenvalue weighted by Gasteiger charge is 2.13. The second kappa shape index (κ2) is 5.63. The van der Waals surface area contributed by atoms with Crippen molar-refractivity contribution in [3.8, 4) is 0 Å². The highest BCUT2D eigenvalue weighted by molar-refractivity contribution is 5.33. The van der Waals surface area contributed by atoms with E-state index in [-0.39, 0.29) is 0 Å². The second-order valence-electron chi connectivity index (χ2n) is 3.74. The van der Waals surface area contributed by atoms with E-state index >= 15 is 0 Å². The number of nitrogens with zero attached hydrogens (tertiary/aromatic N) is 2. The zero-order chi connectivity index (χ0) is 11.3. The summed E-state index contributed by atoms with van der Waals surface area (Å²) in [6.45, 7) is 6.41. The van der Waals surface area contributed by atoms with Gasteiger partial charge >= 0.3 is 0 Å². The van der Waals surface area contributed by atoms with Crippen LogP contribution in [0.4, 0.5) is 10.2 Å². The van der Waals surface area contributed by atoms with Crippen molar-refractivity contribution in [1.82, 2.24) is 9.97 Å². The molecule has 0 bridgehead atoms. The lowest BCUT2D eigenvalue weighted by Gasteiger charge is -2.22. The molecule has 0 radical (unpaired) electrons. The number of anilines is 1. The minimum atomic E-state index is -0.496. The Morgan fingerprint density at radius 3 is 2.53 bits per heavy atom. The van der Waals surface area contributed by atoms with Gasteiger partial charge in [0.2, 0.25) is 5.95 Å². The van der Waals surface area contributed by atoms with E-state index in [0.29, 0.717) is 17.8 Å². The zero-order valence-corrected chi connectivity index (χ0v) is 9.50. The third-order valence-electron chi connectivity index (χ3n) is 2.77. The van der Waals surface area contributed by atoms with Crippen LogP contribution in [0.1, 0.15) is 33.6 Å². The Morgan fingerprint density at radius 2 is 2.00 bits per heavy atom. The lowest BCUT2D eigenvalue weighted by Crippen LogP contribution is -2.25. The average Bonchev–Trinajstić information content (AvgIpc) is 2.19. The van der Waals surface area contributed by atoms with Crippen LogP contribution in [0.15, 0.2) is 12.4 Å². The maximum Gasteiger partial charge on any atom is 0.217 e. The molecule has 0 spiro atoms. The monoisotopic (exact) mass is 211 g/mol. The maximum absolute atomic E-state index is 12.8. The summed E-state index contributed by atoms with van der Waals surface area (Å²) in [5.74, 6) is 0.647. The largest absolute Gasteiger partial charge is 0.367 e. The minimum Gasteiger partial charge on any atom is -0.367 e. The summed E-state index contributed by atoms with van der Waals surface area (Å²) in [6.07, 6.45) is 3.45. The highest BCUT2D eigenvalue weighted by Crippen LogP contribution is 2.16. The molecule has 84 valence electrons. The molecule has 0 aromatic carbocycles. The van der Waals surface area contributed by atoms with Gasteiger partial charge in [0.25, 0.3) is 0 Å². The Morgan fingerprint density at radius 1 is 1.33 bits per heavy atom. The van der Waals surface area contributed by atoms with Gasteiger partial charge in [-0.15, -0.1) is 0 Å². The van der Waals surface area contributed by atoms with E-state index in [0.717, 1.165) is 12.8 Å². The lowest BCUT2D eigenvalue weighted by atomic mass is 9.95. The van der Waals surface area contributed by atoms with Gasteiger partial charge < -0.3 is 5.32 Å². The first-order valence-corrected chi connectivity index (χ1v) is 5.41. The van der Waals surface area contributed by atoms with Crippen molar-refractivity contribution < 1.29 is 4.39 Å². The van der Waals surface area contributed by atoms with Crippen molar-refractivity contribution in [1.29, 1.82) is 0 Å². The van der Waals surface area contributed by atoms with Crippen molar-refractivity contribution >= 4 is 5.82 Å². The molecule has 0 saturated carbocycles. The van der Waals surface area contributed by atoms with Crippen molar-refractivity contribution in [2.24, 2.45) is 5.92 Å². The molecule has 0 fully saturated rings. The van der Waals surface area contributed by atoms with Crippen molar-refractivity contribution in [3.05, 3.63) is 18.3 Å². The van der Waals surface area contributed by atoms with Crippen LogP contribution in [0.2, 0.25) is 0 Å². The Bertz CT molecular complexity index is 300. The van der Waals surface area contributed by atoms with E-state index in [9.17, 15) is 4.39 Å². The van der Waals surface area contributed by atoms with Gasteiger partial charge in [0, 0.05) is 12.1 Å². The first-order valence-electron chi connectivity index (χ1n) is 5.41. The van der Waals surface area contributed by atoms with E-state index in [1.54, 1.807) is 0 Å². The van der Waals surface area contributed by atoms with E-state index in [1.807, 2.05) is 0 Å². The molecule has 1 N–H and O–H groups in total. The molecule has 15 heavy (non-hydrogen) atoms. The number of rotatable bonds is 5. The number of aromatic nitrogens is 2. The SMILES string of the molecule is CCC(CC)C(C)Nc1cc(F)ncn1. The summed E-state index contributed by atoms with van der Waals surface area (Å²) in [7, 11) is 0. The zero-order valence-electron chi connectivity index (χ0n) is 9.50. The third kappa shape index (κ3) is 3.46. The lowest BCUT2D eigenvalue weighted by molar-refractivity contribution is 0.436. The van der Waals surface area contributed by atoms with Crippen LogP contribution < -0.4 is 5.32 Å². The number of hydrogen-bond donors (Lipinski definition) is 1. The first kappa shape index (κ1) is 11.9. The number of halogens is 1. The number of nitrogens with one attached hydrogen (secondary N) is 1. The highest BCUT2D eigenvalue weighted by atomic mass is 19.1. The molecule has 0 aliphatic rings. The molecule has 0 saturated heterocycles. The summed E-state index contributed by atoms with van der Waals surface area (Å²) in [5.41, 5.74) is 0. The predicted octanol–water partition coefficient (Wildman–Crippen LogP) is 2.85. The average molecular weight is 211 g/mol. The van der Waals surface area contributed by atoms with E-state index in [1.165, 1.54) is 12.4 Å². The van der Waals surface area contributed by atoms with Crippen molar-refractivity contribution in [2.75, 3.05) is 5.32 Å². The van der Waals surface area contributed by atoms with Crippen LogP contribution in [-0.2, 0) is 0 Å². The van der Waals surface area contributed by atoms with Crippen LogP contribution >= 0.6 is 0 Å². The molecule has 1 aromatic rings. The molecular weight excluding hydrogens is 193 g/mol. The van der Waals surface area contributed by atoms with Crippen molar-refractivity contribution in [3.63, 3.8) is 0 Å². The molecule has 4 heteroatoms. The molecular formula is C11H18FN3. The van der Waals surface area contributed by atoms with Crippen LogP contribution in [0, 0.1) is 11.9 Å². The van der Waals surface area contributed by atoms with E-state index in [4.69, 9.17) is 0 Å². The van der Waals surface area contributed by atoms with Crippen LogP contribution in [0.25, 0.3) is 0 Å². The van der Waals surface area contributed by atoms with Gasteiger partial charge in [0.1, 0.15) is 12.1 Å². The van der Waals surface area contributed by atoms with Gasteiger partial charge in [-0.2, -0.15) is 4.39 Å². The number of hydrogen-bond acceptors (Lipinski definition) is 3. The van der Waals surface area contributed by atoms with Gasteiger partial charge in [0.15, 0.2) is 0 Å². The molecule has 0 aliphatic heterocycles. The van der Waals surface area contributed by atoms with E-state index in [2.05, 4.69) is 36.1 Å². The Labute approximate surface area is 90.1 Å². The summed E-state index contributed by atoms with van der Waals surface area (Å²) >= 11 is 0. The summed E-state index contributed by atoms with van der Waals surface area (Å²) in [5, 5.41) is 3.19. The quantitative estimate of drug-likeness (QED) is 0.761. The molecule has 1 unspecified atom stereocenters. The van der Waals surface area contributed by atoms with Crippen LogP contribution in [-0.4, -0.2) is 16.0 Å². The molecule has 3 nitrogen and oxygen atoms in total. The summed E-state index contributed by atoms with van der Waals surface area (Å²) < 4.78 is 12.8. The molecule has 0 aliphatic carbocycles. The van der Waals surface area contributed by atoms with Crippen LogP contribution in [0.3, 0.4) is 0 Å². The van der Waals surface area contributed by atoms with Gasteiger partial charge in [0.05, 0.1) is 0 Å². The van der Waals surface area contributed by atoms with Gasteiger partial charge in [-0.3, -0.25) is 0 Å². The van der Waals surface area contributed by atoms with Gasteiger partial charge in [-0.05, 0) is 12.8 Å². The van der Waals surface area contributed by atoms with Gasteiger partial charge in [-0.25, -0.2) is 9.97 Å². The Kier molecular flexibility index (Phi) is 4.46. The fourth-order valence-corrected chi connectivity index (χ4v) is 1.76. The summed E-state index contributed by atoms with van der Waals surface area (Å²) in [4.78, 5) is 7.38. The normalized spacial score (nSPS) is 12.9. The Hall–Kier alpha value is -1.19. The predicted molar refractivity (Wildman–Crippen MR) is 59.1 cm³/mol. The fourth-order valence-electron chi connectivity index (χ4n) is 1.76. The molecule has 1 rings (SSSR count). The Balaban J connectivity index is 2.61. The maximum atomic E-state index is 12.8. The molecule has 1 heterocycles. The molecule has 1 atom stereocenters. The smallest absolute Gasteiger partial charge is 0.217 e. The first-order chi connectivity index (χ1) is 7.17. The topological polar surface area (TPSA) is 37.8 Å². The second-order valence-corrected chi connectivity index (χ2v) is 3.74. The minimum absolute atomic E-state index is 0.300. The van der Waals surface area contributed by atoms with Crippen LogP contribution in [0.5, 0.6) is 0 Å². The third-order valence-corrected chi connectivity index (χ3v) is 2.77. The van der Waals surface area contributed by atoms with Gasteiger partial charge in [-0.1, -0.05) is 26.7 Å². The van der Waals surface area contributed by atoms with Crippen molar-refractivity contribution in [2.45, 2.75) is 39.7 Å². The standard InChI is InChI=1S/C11H18FN3/c1-4-9(5-2)8(3)15-11-6-10(12)13-7-14-11/h6-9H,4-5H2,1-3H3,(H,13,14,15). The fraction of sp³-hybridized carbons (Fsp3) is 0.636.